The zero-order chi connectivity index (χ0) is 16.9. The van der Waals surface area contributed by atoms with Crippen LogP contribution in [0.1, 0.15) is 30.9 Å². The molecular weight excluding hydrogens is 298 g/mol. The molecule has 2 aromatic carbocycles. The zero-order valence-corrected chi connectivity index (χ0v) is 14.4. The number of nitrogens with zero attached hydrogens (tertiary/aromatic N) is 1. The van der Waals surface area contributed by atoms with E-state index in [0.29, 0.717) is 24.9 Å². The molecular formula is C21H25NO2. The van der Waals surface area contributed by atoms with Crippen LogP contribution in [-0.2, 0) is 17.8 Å². The molecule has 1 fully saturated rings. The van der Waals surface area contributed by atoms with Crippen molar-refractivity contribution in [3.63, 3.8) is 0 Å². The summed E-state index contributed by atoms with van der Waals surface area (Å²) in [5.41, 5.74) is 2.22. The van der Waals surface area contributed by atoms with Gasteiger partial charge >= 0.3 is 0 Å². The number of methoxy groups -OCH3 is 1. The van der Waals surface area contributed by atoms with Crippen molar-refractivity contribution in [1.82, 2.24) is 4.90 Å². The molecule has 1 atom stereocenters. The van der Waals surface area contributed by atoms with Crippen LogP contribution in [0.2, 0.25) is 0 Å². The van der Waals surface area contributed by atoms with Crippen molar-refractivity contribution in [2.75, 3.05) is 7.11 Å². The SMILES string of the molecule is COc1ccc(CC(=O)N(Cc2ccccc2)C(C)C2CC2)cc1. The van der Waals surface area contributed by atoms with E-state index in [0.717, 1.165) is 11.3 Å². The van der Waals surface area contributed by atoms with Crippen molar-refractivity contribution < 1.29 is 9.53 Å². The minimum atomic E-state index is 0.198. The molecule has 1 aliphatic carbocycles. The third kappa shape index (κ3) is 4.16. The first-order chi connectivity index (χ1) is 11.7. The average molecular weight is 323 g/mol. The van der Waals surface area contributed by atoms with Crippen LogP contribution in [0.15, 0.2) is 54.6 Å². The largest absolute Gasteiger partial charge is 0.497 e. The molecule has 3 rings (SSSR count). The Kier molecular flexibility index (Phi) is 5.19. The minimum absolute atomic E-state index is 0.198. The van der Waals surface area contributed by atoms with Crippen LogP contribution < -0.4 is 4.74 Å². The van der Waals surface area contributed by atoms with E-state index in [-0.39, 0.29) is 5.91 Å². The predicted octanol–water partition coefficient (Wildman–Crippen LogP) is 4.07. The number of carbonyl (C=O) groups excluding carboxylic acids is 1. The van der Waals surface area contributed by atoms with Gasteiger partial charge in [0, 0.05) is 12.6 Å². The molecule has 0 radical (unpaired) electrons. The maximum Gasteiger partial charge on any atom is 0.227 e. The monoisotopic (exact) mass is 323 g/mol. The van der Waals surface area contributed by atoms with E-state index in [1.54, 1.807) is 7.11 Å². The molecule has 0 bridgehead atoms. The Morgan fingerprint density at radius 3 is 2.33 bits per heavy atom. The minimum Gasteiger partial charge on any atom is -0.497 e. The summed E-state index contributed by atoms with van der Waals surface area (Å²) in [5, 5.41) is 0. The molecule has 3 nitrogen and oxygen atoms in total. The Balaban J connectivity index is 1.72. The second kappa shape index (κ2) is 7.52. The van der Waals surface area contributed by atoms with E-state index in [1.807, 2.05) is 42.5 Å². The van der Waals surface area contributed by atoms with Crippen molar-refractivity contribution in [3.8, 4) is 5.75 Å². The molecule has 126 valence electrons. The Bertz CT molecular complexity index is 662. The number of amides is 1. The molecule has 0 saturated heterocycles. The molecule has 1 saturated carbocycles. The summed E-state index contributed by atoms with van der Waals surface area (Å²) >= 11 is 0. The first-order valence-electron chi connectivity index (χ1n) is 8.63. The van der Waals surface area contributed by atoms with Crippen LogP contribution in [0.4, 0.5) is 0 Å². The van der Waals surface area contributed by atoms with Crippen LogP contribution in [0.3, 0.4) is 0 Å². The Labute approximate surface area is 144 Å². The first kappa shape index (κ1) is 16.6. The molecule has 0 aliphatic heterocycles. The van der Waals surface area contributed by atoms with Crippen LogP contribution in [0, 0.1) is 5.92 Å². The van der Waals surface area contributed by atoms with Crippen LogP contribution >= 0.6 is 0 Å². The normalized spacial score (nSPS) is 14.9. The van der Waals surface area contributed by atoms with Crippen molar-refractivity contribution in [1.29, 1.82) is 0 Å². The fourth-order valence-electron chi connectivity index (χ4n) is 3.09. The van der Waals surface area contributed by atoms with E-state index in [9.17, 15) is 4.79 Å². The van der Waals surface area contributed by atoms with E-state index in [4.69, 9.17) is 4.74 Å². The highest BCUT2D eigenvalue weighted by Crippen LogP contribution is 2.36. The standard InChI is InChI=1S/C21H25NO2/c1-16(19-10-11-19)22(15-18-6-4-3-5-7-18)21(23)14-17-8-12-20(24-2)13-9-17/h3-9,12-13,16,19H,10-11,14-15H2,1-2H3. The molecule has 2 aromatic rings. The van der Waals surface area contributed by atoms with Crippen LogP contribution in [-0.4, -0.2) is 24.0 Å². The molecule has 1 amide bonds. The Morgan fingerprint density at radius 1 is 1.08 bits per heavy atom. The lowest BCUT2D eigenvalue weighted by Crippen LogP contribution is -2.40. The van der Waals surface area contributed by atoms with Gasteiger partial charge in [-0.2, -0.15) is 0 Å². The number of ether oxygens (including phenoxy) is 1. The van der Waals surface area contributed by atoms with Crippen molar-refractivity contribution in [3.05, 3.63) is 65.7 Å². The molecule has 0 spiro atoms. The quantitative estimate of drug-likeness (QED) is 0.769. The molecule has 1 unspecified atom stereocenters. The molecule has 0 heterocycles. The first-order valence-corrected chi connectivity index (χ1v) is 8.63. The summed E-state index contributed by atoms with van der Waals surface area (Å²) in [5.74, 6) is 1.68. The van der Waals surface area contributed by atoms with Gasteiger partial charge in [0.05, 0.1) is 13.5 Å². The van der Waals surface area contributed by atoms with Gasteiger partial charge in [0.1, 0.15) is 5.75 Å². The summed E-state index contributed by atoms with van der Waals surface area (Å²) in [4.78, 5) is 15.0. The topological polar surface area (TPSA) is 29.5 Å². The molecule has 3 heteroatoms. The maximum atomic E-state index is 12.9. The summed E-state index contributed by atoms with van der Waals surface area (Å²) in [7, 11) is 1.65. The highest BCUT2D eigenvalue weighted by atomic mass is 16.5. The lowest BCUT2D eigenvalue weighted by molar-refractivity contribution is -0.133. The maximum absolute atomic E-state index is 12.9. The van der Waals surface area contributed by atoms with Gasteiger partial charge in [-0.15, -0.1) is 0 Å². The van der Waals surface area contributed by atoms with E-state index >= 15 is 0 Å². The van der Waals surface area contributed by atoms with E-state index < -0.39 is 0 Å². The van der Waals surface area contributed by atoms with Gasteiger partial charge < -0.3 is 9.64 Å². The average Bonchev–Trinajstić information content (AvgIpc) is 3.46. The molecule has 24 heavy (non-hydrogen) atoms. The Hall–Kier alpha value is -2.29. The summed E-state index contributed by atoms with van der Waals surface area (Å²) in [6.45, 7) is 2.88. The Morgan fingerprint density at radius 2 is 1.75 bits per heavy atom. The summed E-state index contributed by atoms with van der Waals surface area (Å²) in [6.07, 6.45) is 2.92. The van der Waals surface area contributed by atoms with Gasteiger partial charge in [0.15, 0.2) is 0 Å². The number of hydrogen-bond donors (Lipinski definition) is 0. The van der Waals surface area contributed by atoms with E-state index in [2.05, 4.69) is 24.0 Å². The third-order valence-electron chi connectivity index (χ3n) is 4.83. The van der Waals surface area contributed by atoms with Crippen LogP contribution in [0.5, 0.6) is 5.75 Å². The summed E-state index contributed by atoms with van der Waals surface area (Å²) < 4.78 is 5.18. The van der Waals surface area contributed by atoms with Crippen molar-refractivity contribution >= 4 is 5.91 Å². The van der Waals surface area contributed by atoms with Gasteiger partial charge in [-0.1, -0.05) is 42.5 Å². The summed E-state index contributed by atoms with van der Waals surface area (Å²) in [6, 6.07) is 18.3. The van der Waals surface area contributed by atoms with Gasteiger partial charge in [0.2, 0.25) is 5.91 Å². The zero-order valence-electron chi connectivity index (χ0n) is 14.4. The molecule has 1 aliphatic rings. The van der Waals surface area contributed by atoms with Gasteiger partial charge in [-0.3, -0.25) is 4.79 Å². The fraction of sp³-hybridized carbons (Fsp3) is 0.381. The van der Waals surface area contributed by atoms with Crippen molar-refractivity contribution in [2.45, 2.75) is 38.8 Å². The highest BCUT2D eigenvalue weighted by Gasteiger charge is 2.34. The number of hydrogen-bond acceptors (Lipinski definition) is 2. The lowest BCUT2D eigenvalue weighted by Gasteiger charge is -2.30. The van der Waals surface area contributed by atoms with Crippen LogP contribution in [0.25, 0.3) is 0 Å². The lowest BCUT2D eigenvalue weighted by atomic mass is 10.1. The third-order valence-corrected chi connectivity index (χ3v) is 4.83. The molecule has 0 aromatic heterocycles. The fourth-order valence-corrected chi connectivity index (χ4v) is 3.09. The second-order valence-corrected chi connectivity index (χ2v) is 6.61. The van der Waals surface area contributed by atoms with Gasteiger partial charge in [0.25, 0.3) is 0 Å². The second-order valence-electron chi connectivity index (χ2n) is 6.61. The van der Waals surface area contributed by atoms with Gasteiger partial charge in [-0.25, -0.2) is 0 Å². The van der Waals surface area contributed by atoms with Gasteiger partial charge in [-0.05, 0) is 48.9 Å². The number of benzene rings is 2. The smallest absolute Gasteiger partial charge is 0.227 e. The highest BCUT2D eigenvalue weighted by molar-refractivity contribution is 5.79. The molecule has 0 N–H and O–H groups in total. The predicted molar refractivity (Wildman–Crippen MR) is 95.9 cm³/mol. The van der Waals surface area contributed by atoms with E-state index in [1.165, 1.54) is 18.4 Å². The van der Waals surface area contributed by atoms with Crippen molar-refractivity contribution in [2.24, 2.45) is 5.92 Å². The number of carbonyl (C=O) groups is 1. The number of rotatable bonds is 7.